The van der Waals surface area contributed by atoms with Gasteiger partial charge in [-0.25, -0.2) is 0 Å². The van der Waals surface area contributed by atoms with Gasteiger partial charge in [-0.05, 0) is 53.5 Å². The first-order valence-corrected chi connectivity index (χ1v) is 10.2. The minimum atomic E-state index is -0.472. The first-order valence-electron chi connectivity index (χ1n) is 8.04. The molecule has 0 radical (unpaired) electrons. The second kappa shape index (κ2) is 9.44. The lowest BCUT2D eigenvalue weighted by atomic mass is 10.1. The van der Waals surface area contributed by atoms with Gasteiger partial charge >= 0.3 is 0 Å². The van der Waals surface area contributed by atoms with E-state index in [0.29, 0.717) is 12.0 Å². The van der Waals surface area contributed by atoms with E-state index >= 15 is 0 Å². The van der Waals surface area contributed by atoms with Crippen LogP contribution in [0.25, 0.3) is 0 Å². The molecule has 1 aromatic rings. The highest BCUT2D eigenvalue weighted by Gasteiger charge is 2.28. The summed E-state index contributed by atoms with van der Waals surface area (Å²) >= 11 is 5.07. The number of nitrogens with one attached hydrogen (secondary N) is 1. The third-order valence-electron chi connectivity index (χ3n) is 4.15. The van der Waals surface area contributed by atoms with Crippen LogP contribution in [0, 0.1) is 0 Å². The van der Waals surface area contributed by atoms with Crippen molar-refractivity contribution in [1.29, 1.82) is 0 Å². The van der Waals surface area contributed by atoms with Gasteiger partial charge in [-0.1, -0.05) is 12.1 Å². The fourth-order valence-corrected chi connectivity index (χ4v) is 3.56. The first kappa shape index (κ1) is 19.3. The van der Waals surface area contributed by atoms with Crippen molar-refractivity contribution in [3.63, 3.8) is 0 Å². The summed E-state index contributed by atoms with van der Waals surface area (Å²) in [6.45, 7) is 3.18. The van der Waals surface area contributed by atoms with Crippen molar-refractivity contribution in [2.45, 2.75) is 12.5 Å². The minimum absolute atomic E-state index is 0.0255. The minimum Gasteiger partial charge on any atom is -0.340 e. The summed E-state index contributed by atoms with van der Waals surface area (Å²) < 4.78 is 0.734. The maximum absolute atomic E-state index is 12.8. The van der Waals surface area contributed by atoms with Crippen LogP contribution in [-0.2, 0) is 4.79 Å². The van der Waals surface area contributed by atoms with E-state index in [4.69, 9.17) is 0 Å². The quantitative estimate of drug-likeness (QED) is 0.775. The van der Waals surface area contributed by atoms with Crippen molar-refractivity contribution < 1.29 is 9.59 Å². The number of halogens is 1. The molecule has 0 aliphatic carbocycles. The Bertz CT molecular complexity index is 577. The van der Waals surface area contributed by atoms with E-state index in [1.54, 1.807) is 17.8 Å². The van der Waals surface area contributed by atoms with Crippen LogP contribution in [0.2, 0.25) is 0 Å². The molecule has 0 spiro atoms. The number of piperazine rings is 1. The maximum atomic E-state index is 12.8. The highest BCUT2D eigenvalue weighted by molar-refractivity contribution is 9.10. The van der Waals surface area contributed by atoms with Crippen LogP contribution in [0.15, 0.2) is 28.7 Å². The number of hydrogen-bond donors (Lipinski definition) is 1. The molecule has 0 unspecified atom stereocenters. The lowest BCUT2D eigenvalue weighted by molar-refractivity contribution is -0.134. The molecule has 132 valence electrons. The van der Waals surface area contributed by atoms with E-state index in [2.05, 4.69) is 33.2 Å². The molecule has 0 bridgehead atoms. The summed E-state index contributed by atoms with van der Waals surface area (Å²) in [4.78, 5) is 29.5. The molecule has 2 amide bonds. The van der Waals surface area contributed by atoms with Crippen LogP contribution in [0.4, 0.5) is 0 Å². The topological polar surface area (TPSA) is 52.7 Å². The fraction of sp³-hybridized carbons (Fsp3) is 0.529. The lowest BCUT2D eigenvalue weighted by Gasteiger charge is -2.34. The normalized spacial score (nSPS) is 16.7. The van der Waals surface area contributed by atoms with Gasteiger partial charge < -0.3 is 15.1 Å². The summed E-state index contributed by atoms with van der Waals surface area (Å²) in [5.41, 5.74) is 0.554. The zero-order valence-corrected chi connectivity index (χ0v) is 16.5. The molecule has 0 aromatic heterocycles. The van der Waals surface area contributed by atoms with E-state index in [1.807, 2.05) is 29.4 Å². The SMILES string of the molecule is CSCC[C@@H](NC(=O)c1ccccc1Br)C(=O)N1CCN(C)CC1. The molecule has 1 aromatic carbocycles. The van der Waals surface area contributed by atoms with E-state index in [-0.39, 0.29) is 11.8 Å². The zero-order valence-electron chi connectivity index (χ0n) is 14.1. The maximum Gasteiger partial charge on any atom is 0.253 e. The summed E-state index contributed by atoms with van der Waals surface area (Å²) in [5, 5.41) is 2.93. The number of thioether (sulfide) groups is 1. The van der Waals surface area contributed by atoms with Gasteiger partial charge in [-0.3, -0.25) is 9.59 Å². The summed E-state index contributed by atoms with van der Waals surface area (Å²) in [6.07, 6.45) is 2.65. The molecular formula is C17H24BrN3O2S. The molecule has 1 fully saturated rings. The van der Waals surface area contributed by atoms with Crippen LogP contribution < -0.4 is 5.32 Å². The van der Waals surface area contributed by atoms with Gasteiger partial charge in [0.15, 0.2) is 0 Å². The smallest absolute Gasteiger partial charge is 0.253 e. The van der Waals surface area contributed by atoms with Crippen molar-refractivity contribution in [2.24, 2.45) is 0 Å². The van der Waals surface area contributed by atoms with Crippen LogP contribution >= 0.6 is 27.7 Å². The Hall–Kier alpha value is -1.05. The molecule has 24 heavy (non-hydrogen) atoms. The number of benzene rings is 1. The first-order chi connectivity index (χ1) is 11.5. The molecule has 1 aliphatic heterocycles. The van der Waals surface area contributed by atoms with Crippen molar-refractivity contribution in [3.8, 4) is 0 Å². The van der Waals surface area contributed by atoms with E-state index in [1.165, 1.54) is 0 Å². The van der Waals surface area contributed by atoms with Crippen molar-refractivity contribution in [2.75, 3.05) is 45.2 Å². The van der Waals surface area contributed by atoms with Crippen molar-refractivity contribution in [3.05, 3.63) is 34.3 Å². The number of hydrogen-bond acceptors (Lipinski definition) is 4. The highest BCUT2D eigenvalue weighted by atomic mass is 79.9. The van der Waals surface area contributed by atoms with Gasteiger partial charge in [0.1, 0.15) is 6.04 Å². The number of amides is 2. The summed E-state index contributed by atoms with van der Waals surface area (Å²) in [6, 6.07) is 6.79. The molecular weight excluding hydrogens is 390 g/mol. The van der Waals surface area contributed by atoms with Crippen LogP contribution in [0.5, 0.6) is 0 Å². The Morgan fingerprint density at radius 2 is 1.92 bits per heavy atom. The van der Waals surface area contributed by atoms with E-state index in [9.17, 15) is 9.59 Å². The predicted molar refractivity (Wildman–Crippen MR) is 102 cm³/mol. The number of rotatable bonds is 6. The average molecular weight is 414 g/mol. The molecule has 5 nitrogen and oxygen atoms in total. The standard InChI is InChI=1S/C17H24BrN3O2S/c1-20-8-10-21(11-9-20)17(23)15(7-12-24-2)19-16(22)13-5-3-4-6-14(13)18/h3-6,15H,7-12H2,1-2H3,(H,19,22)/t15-/m1/s1. The zero-order chi connectivity index (χ0) is 17.5. The monoisotopic (exact) mass is 413 g/mol. The Balaban J connectivity index is 2.06. The van der Waals surface area contributed by atoms with E-state index in [0.717, 1.165) is 36.4 Å². The van der Waals surface area contributed by atoms with Crippen LogP contribution in [-0.4, -0.2) is 72.9 Å². The highest BCUT2D eigenvalue weighted by Crippen LogP contribution is 2.16. The van der Waals surface area contributed by atoms with Gasteiger partial charge in [0.05, 0.1) is 5.56 Å². The third kappa shape index (κ3) is 5.22. The summed E-state index contributed by atoms with van der Waals surface area (Å²) in [7, 11) is 2.06. The molecule has 1 saturated heterocycles. The third-order valence-corrected chi connectivity index (χ3v) is 5.48. The molecule has 1 aliphatic rings. The fourth-order valence-electron chi connectivity index (χ4n) is 2.62. The Kier molecular flexibility index (Phi) is 7.58. The molecule has 1 N–H and O–H groups in total. The molecule has 1 atom stereocenters. The van der Waals surface area contributed by atoms with Gasteiger partial charge in [0.25, 0.3) is 5.91 Å². The Morgan fingerprint density at radius 1 is 1.25 bits per heavy atom. The van der Waals surface area contributed by atoms with Gasteiger partial charge in [0.2, 0.25) is 5.91 Å². The molecule has 7 heteroatoms. The molecule has 2 rings (SSSR count). The molecule has 0 saturated carbocycles. The van der Waals surface area contributed by atoms with Gasteiger partial charge in [-0.15, -0.1) is 0 Å². The largest absolute Gasteiger partial charge is 0.340 e. The predicted octanol–water partition coefficient (Wildman–Crippen LogP) is 2.07. The molecule has 1 heterocycles. The lowest BCUT2D eigenvalue weighted by Crippen LogP contribution is -2.54. The van der Waals surface area contributed by atoms with Crippen LogP contribution in [0.3, 0.4) is 0 Å². The number of likely N-dealkylation sites (N-methyl/N-ethyl adjacent to an activating group) is 1. The Morgan fingerprint density at radius 3 is 2.54 bits per heavy atom. The van der Waals surface area contributed by atoms with E-state index < -0.39 is 6.04 Å². The van der Waals surface area contributed by atoms with Gasteiger partial charge in [0, 0.05) is 30.7 Å². The Labute approximate surface area is 156 Å². The van der Waals surface area contributed by atoms with Gasteiger partial charge in [-0.2, -0.15) is 11.8 Å². The van der Waals surface area contributed by atoms with Crippen LogP contribution in [0.1, 0.15) is 16.8 Å². The summed E-state index contributed by atoms with van der Waals surface area (Å²) in [5.74, 6) is 0.647. The van der Waals surface area contributed by atoms with Crippen molar-refractivity contribution in [1.82, 2.24) is 15.1 Å². The second-order valence-electron chi connectivity index (χ2n) is 5.92. The number of carbonyl (C=O) groups is 2. The second-order valence-corrected chi connectivity index (χ2v) is 7.76. The van der Waals surface area contributed by atoms with Crippen molar-refractivity contribution >= 4 is 39.5 Å². The average Bonchev–Trinajstić information content (AvgIpc) is 2.59. The number of nitrogens with zero attached hydrogens (tertiary/aromatic N) is 2. The number of carbonyl (C=O) groups excluding carboxylic acids is 2.